The number of piperazine rings is 1. The number of anilines is 1. The smallest absolute Gasteiger partial charge is 0.417 e. The normalized spacial score (nSPS) is 17.9. The summed E-state index contributed by atoms with van der Waals surface area (Å²) >= 11 is 0. The number of carbonyl (C=O) groups excluding carboxylic acids is 2. The average molecular weight is 421 g/mol. The SMILES string of the molecule is COC(=O)CC1CN(C(=O)OC(C)(C)C)CCN1c1ncc(C(F)(F)F)cc1F. The first-order valence-electron chi connectivity index (χ1n) is 8.86. The van der Waals surface area contributed by atoms with E-state index in [0.29, 0.717) is 12.3 Å². The fraction of sp³-hybridized carbons (Fsp3) is 0.611. The number of esters is 1. The second kappa shape index (κ2) is 8.42. The Morgan fingerprint density at radius 2 is 1.90 bits per heavy atom. The third-order valence-corrected chi connectivity index (χ3v) is 4.19. The van der Waals surface area contributed by atoms with Gasteiger partial charge in [0.25, 0.3) is 0 Å². The standard InChI is InChI=1S/C18H23F4N3O4/c1-17(2,3)29-16(27)24-5-6-25(12(10-24)8-14(26)28-4)15-13(19)7-11(9-23-15)18(20,21)22/h7,9,12H,5-6,8,10H2,1-4H3. The monoisotopic (exact) mass is 421 g/mol. The Balaban J connectivity index is 2.27. The van der Waals surface area contributed by atoms with Gasteiger partial charge in [0.15, 0.2) is 11.6 Å². The minimum Gasteiger partial charge on any atom is -0.469 e. The highest BCUT2D eigenvalue weighted by Crippen LogP contribution is 2.32. The Labute approximate surface area is 165 Å². The maximum Gasteiger partial charge on any atom is 0.417 e. The van der Waals surface area contributed by atoms with Gasteiger partial charge in [0, 0.05) is 25.8 Å². The summed E-state index contributed by atoms with van der Waals surface area (Å²) in [7, 11) is 1.18. The van der Waals surface area contributed by atoms with Crippen LogP contribution in [0.5, 0.6) is 0 Å². The van der Waals surface area contributed by atoms with Gasteiger partial charge in [0.05, 0.1) is 25.1 Å². The number of ether oxygens (including phenoxy) is 2. The Hall–Kier alpha value is -2.59. The molecular formula is C18H23F4N3O4. The number of amides is 1. The fourth-order valence-electron chi connectivity index (χ4n) is 2.87. The fourth-order valence-corrected chi connectivity index (χ4v) is 2.87. The zero-order chi connectivity index (χ0) is 22.0. The number of hydrogen-bond donors (Lipinski definition) is 0. The molecule has 29 heavy (non-hydrogen) atoms. The summed E-state index contributed by atoms with van der Waals surface area (Å²) in [5.41, 5.74) is -1.94. The molecule has 0 N–H and O–H groups in total. The molecule has 0 aromatic carbocycles. The van der Waals surface area contributed by atoms with Crippen LogP contribution in [0.3, 0.4) is 0 Å². The number of methoxy groups -OCH3 is 1. The maximum absolute atomic E-state index is 14.4. The molecule has 0 saturated carbocycles. The molecule has 0 bridgehead atoms. The number of aromatic nitrogens is 1. The molecule has 7 nitrogen and oxygen atoms in total. The molecule has 1 aliphatic rings. The van der Waals surface area contributed by atoms with Gasteiger partial charge in [-0.15, -0.1) is 0 Å². The molecule has 0 spiro atoms. The van der Waals surface area contributed by atoms with Crippen molar-refractivity contribution in [3.8, 4) is 0 Å². The van der Waals surface area contributed by atoms with E-state index in [-0.39, 0.29) is 31.9 Å². The van der Waals surface area contributed by atoms with E-state index in [0.717, 1.165) is 0 Å². The molecule has 162 valence electrons. The first-order chi connectivity index (χ1) is 13.3. The van der Waals surface area contributed by atoms with Crippen molar-refractivity contribution in [2.45, 2.75) is 45.0 Å². The zero-order valence-electron chi connectivity index (χ0n) is 16.5. The van der Waals surface area contributed by atoms with Crippen molar-refractivity contribution in [3.63, 3.8) is 0 Å². The Morgan fingerprint density at radius 1 is 1.24 bits per heavy atom. The van der Waals surface area contributed by atoms with E-state index in [1.165, 1.54) is 16.9 Å². The summed E-state index contributed by atoms with van der Waals surface area (Å²) in [6.45, 7) is 5.27. The highest BCUT2D eigenvalue weighted by molar-refractivity contribution is 5.72. The van der Waals surface area contributed by atoms with Crippen LogP contribution in [-0.4, -0.2) is 60.3 Å². The van der Waals surface area contributed by atoms with Crippen LogP contribution in [0.4, 0.5) is 28.2 Å². The number of halogens is 4. The topological polar surface area (TPSA) is 72.0 Å². The summed E-state index contributed by atoms with van der Waals surface area (Å²) in [6.07, 6.45) is -5.01. The minimum absolute atomic E-state index is 0.00778. The molecule has 1 saturated heterocycles. The third kappa shape index (κ3) is 5.94. The van der Waals surface area contributed by atoms with E-state index < -0.39 is 41.3 Å². The Morgan fingerprint density at radius 3 is 2.41 bits per heavy atom. The second-order valence-corrected chi connectivity index (χ2v) is 7.58. The molecule has 0 aliphatic carbocycles. The molecule has 1 aromatic heterocycles. The molecule has 1 aromatic rings. The average Bonchev–Trinajstić information content (AvgIpc) is 2.59. The number of hydrogen-bond acceptors (Lipinski definition) is 6. The predicted molar refractivity (Wildman–Crippen MR) is 94.8 cm³/mol. The van der Waals surface area contributed by atoms with Gasteiger partial charge in [-0.05, 0) is 26.8 Å². The molecule has 1 fully saturated rings. The number of pyridine rings is 1. The van der Waals surface area contributed by atoms with Gasteiger partial charge in [-0.2, -0.15) is 13.2 Å². The lowest BCUT2D eigenvalue weighted by Crippen LogP contribution is -2.56. The van der Waals surface area contributed by atoms with E-state index in [1.807, 2.05) is 0 Å². The van der Waals surface area contributed by atoms with Crippen LogP contribution < -0.4 is 4.90 Å². The summed E-state index contributed by atoms with van der Waals surface area (Å²) in [5.74, 6) is -2.10. The van der Waals surface area contributed by atoms with Crippen LogP contribution in [0, 0.1) is 5.82 Å². The van der Waals surface area contributed by atoms with Crippen molar-refractivity contribution in [2.24, 2.45) is 0 Å². The van der Waals surface area contributed by atoms with Crippen LogP contribution >= 0.6 is 0 Å². The van der Waals surface area contributed by atoms with Crippen molar-refractivity contribution in [1.82, 2.24) is 9.88 Å². The third-order valence-electron chi connectivity index (χ3n) is 4.19. The molecule has 0 radical (unpaired) electrons. The molecule has 1 atom stereocenters. The maximum atomic E-state index is 14.4. The number of nitrogens with zero attached hydrogens (tertiary/aromatic N) is 3. The van der Waals surface area contributed by atoms with Crippen molar-refractivity contribution in [2.75, 3.05) is 31.6 Å². The van der Waals surface area contributed by atoms with Crippen molar-refractivity contribution in [1.29, 1.82) is 0 Å². The highest BCUT2D eigenvalue weighted by Gasteiger charge is 2.37. The predicted octanol–water partition coefficient (Wildman–Crippen LogP) is 3.23. The van der Waals surface area contributed by atoms with Gasteiger partial charge in [0.1, 0.15) is 5.60 Å². The van der Waals surface area contributed by atoms with E-state index >= 15 is 0 Å². The molecule has 11 heteroatoms. The van der Waals surface area contributed by atoms with Crippen molar-refractivity contribution >= 4 is 17.9 Å². The van der Waals surface area contributed by atoms with Gasteiger partial charge in [-0.1, -0.05) is 0 Å². The summed E-state index contributed by atoms with van der Waals surface area (Å²) in [5, 5.41) is 0. The molecular weight excluding hydrogens is 398 g/mol. The lowest BCUT2D eigenvalue weighted by molar-refractivity contribution is -0.141. The lowest BCUT2D eigenvalue weighted by Gasteiger charge is -2.42. The molecule has 1 amide bonds. The quantitative estimate of drug-likeness (QED) is 0.551. The highest BCUT2D eigenvalue weighted by atomic mass is 19.4. The first-order valence-corrected chi connectivity index (χ1v) is 8.86. The van der Waals surface area contributed by atoms with Crippen LogP contribution in [0.15, 0.2) is 12.3 Å². The van der Waals surface area contributed by atoms with Crippen LogP contribution in [0.1, 0.15) is 32.8 Å². The largest absolute Gasteiger partial charge is 0.469 e. The van der Waals surface area contributed by atoms with Gasteiger partial charge in [0.2, 0.25) is 0 Å². The van der Waals surface area contributed by atoms with Gasteiger partial charge >= 0.3 is 18.2 Å². The van der Waals surface area contributed by atoms with Gasteiger partial charge in [-0.25, -0.2) is 14.2 Å². The lowest BCUT2D eigenvalue weighted by atomic mass is 10.1. The van der Waals surface area contributed by atoms with Crippen LogP contribution in [0.2, 0.25) is 0 Å². The Kier molecular flexibility index (Phi) is 6.59. The molecule has 2 heterocycles. The van der Waals surface area contributed by atoms with Gasteiger partial charge in [-0.3, -0.25) is 4.79 Å². The molecule has 1 unspecified atom stereocenters. The number of alkyl halides is 3. The van der Waals surface area contributed by atoms with E-state index in [1.54, 1.807) is 20.8 Å². The summed E-state index contributed by atoms with van der Waals surface area (Å²) < 4.78 is 62.7. The van der Waals surface area contributed by atoms with E-state index in [2.05, 4.69) is 9.72 Å². The van der Waals surface area contributed by atoms with E-state index in [9.17, 15) is 27.2 Å². The van der Waals surface area contributed by atoms with Gasteiger partial charge < -0.3 is 19.3 Å². The van der Waals surface area contributed by atoms with E-state index in [4.69, 9.17) is 4.74 Å². The summed E-state index contributed by atoms with van der Waals surface area (Å²) in [4.78, 5) is 30.5. The van der Waals surface area contributed by atoms with Crippen molar-refractivity contribution in [3.05, 3.63) is 23.6 Å². The Bertz CT molecular complexity index is 764. The minimum atomic E-state index is -4.73. The zero-order valence-corrected chi connectivity index (χ0v) is 16.5. The van der Waals surface area contributed by atoms with Crippen molar-refractivity contribution < 1.29 is 36.6 Å². The molecule has 1 aliphatic heterocycles. The second-order valence-electron chi connectivity index (χ2n) is 7.58. The molecule has 2 rings (SSSR count). The van der Waals surface area contributed by atoms with Crippen LogP contribution in [-0.2, 0) is 20.4 Å². The number of carbonyl (C=O) groups is 2. The van der Waals surface area contributed by atoms with Crippen LogP contribution in [0.25, 0.3) is 0 Å². The first kappa shape index (κ1) is 22.7. The number of rotatable bonds is 3. The summed E-state index contributed by atoms with van der Waals surface area (Å²) in [6, 6.07) is -0.389.